The summed E-state index contributed by atoms with van der Waals surface area (Å²) in [5.41, 5.74) is 1.18. The lowest BCUT2D eigenvalue weighted by Gasteiger charge is -2.14. The fraction of sp³-hybridized carbons (Fsp3) is 0.455. The van der Waals surface area contributed by atoms with E-state index in [0.717, 1.165) is 0 Å². The van der Waals surface area contributed by atoms with E-state index in [4.69, 9.17) is 4.74 Å². The van der Waals surface area contributed by atoms with Crippen LogP contribution in [0.15, 0.2) is 12.7 Å². The molecule has 0 spiro atoms. The second-order valence-electron chi connectivity index (χ2n) is 3.60. The molecule has 0 saturated heterocycles. The summed E-state index contributed by atoms with van der Waals surface area (Å²) >= 11 is 0. The van der Waals surface area contributed by atoms with E-state index < -0.39 is 12.0 Å². The monoisotopic (exact) mass is 239 g/mol. The normalized spacial score (nSPS) is 12.2. The molecule has 0 aliphatic rings. The first-order chi connectivity index (χ1) is 8.02. The number of hydrogen-bond donors (Lipinski definition) is 2. The van der Waals surface area contributed by atoms with E-state index in [0.29, 0.717) is 23.7 Å². The Morgan fingerprint density at radius 1 is 1.76 bits per heavy atom. The zero-order chi connectivity index (χ0) is 13.0. The number of ether oxygens (including phenoxy) is 1. The average molecular weight is 239 g/mol. The molecule has 1 rings (SSSR count). The van der Waals surface area contributed by atoms with Crippen molar-refractivity contribution >= 4 is 5.97 Å². The zero-order valence-electron chi connectivity index (χ0n) is 10.2. The summed E-state index contributed by atoms with van der Waals surface area (Å²) in [5.74, 6) is -0.521. The number of aliphatic carboxylic acids is 1. The van der Waals surface area contributed by atoms with Crippen molar-refractivity contribution in [3.05, 3.63) is 23.9 Å². The predicted octanol–water partition coefficient (Wildman–Crippen LogP) is 0.638. The summed E-state index contributed by atoms with van der Waals surface area (Å²) in [4.78, 5) is 11.2. The van der Waals surface area contributed by atoms with Crippen LogP contribution in [0.5, 0.6) is 5.88 Å². The summed E-state index contributed by atoms with van der Waals surface area (Å²) in [6, 6.07) is -0.850. The van der Waals surface area contributed by atoms with Crippen LogP contribution in [0.25, 0.3) is 0 Å². The number of nitrogens with one attached hydrogen (secondary N) is 1. The van der Waals surface area contributed by atoms with Crippen molar-refractivity contribution in [1.29, 1.82) is 0 Å². The highest BCUT2D eigenvalue weighted by molar-refractivity contribution is 5.77. The number of nitrogens with zero attached hydrogens (tertiary/aromatic N) is 2. The Labute approximate surface area is 99.9 Å². The number of carboxylic acids is 1. The molecule has 1 aromatic heterocycles. The molecule has 6 heteroatoms. The van der Waals surface area contributed by atoms with Gasteiger partial charge < -0.3 is 9.84 Å². The van der Waals surface area contributed by atoms with E-state index in [1.165, 1.54) is 11.8 Å². The van der Waals surface area contributed by atoms with Crippen LogP contribution in [0, 0.1) is 6.92 Å². The molecule has 1 aromatic rings. The third kappa shape index (κ3) is 2.65. The first kappa shape index (κ1) is 13.2. The molecule has 0 aromatic carbocycles. The molecule has 6 nitrogen and oxygen atoms in total. The van der Waals surface area contributed by atoms with Gasteiger partial charge in [-0.1, -0.05) is 6.08 Å². The molecule has 0 aliphatic carbocycles. The van der Waals surface area contributed by atoms with Gasteiger partial charge in [0.1, 0.15) is 6.04 Å². The minimum absolute atomic E-state index is 0.397. The Bertz CT molecular complexity index is 426. The van der Waals surface area contributed by atoms with Crippen molar-refractivity contribution in [2.75, 3.05) is 13.7 Å². The van der Waals surface area contributed by atoms with Gasteiger partial charge in [0.2, 0.25) is 5.88 Å². The maximum Gasteiger partial charge on any atom is 0.325 e. The highest BCUT2D eigenvalue weighted by Gasteiger charge is 2.28. The second-order valence-corrected chi connectivity index (χ2v) is 3.60. The van der Waals surface area contributed by atoms with Crippen molar-refractivity contribution in [3.63, 3.8) is 0 Å². The quantitative estimate of drug-likeness (QED) is 0.712. The van der Waals surface area contributed by atoms with Gasteiger partial charge in [0.15, 0.2) is 0 Å². The van der Waals surface area contributed by atoms with Crippen LogP contribution in [0.4, 0.5) is 0 Å². The summed E-state index contributed by atoms with van der Waals surface area (Å²) < 4.78 is 6.70. The van der Waals surface area contributed by atoms with Gasteiger partial charge in [0.25, 0.3) is 0 Å². The number of carboxylic acid groups (broad SMARTS) is 1. The van der Waals surface area contributed by atoms with Crippen molar-refractivity contribution in [2.45, 2.75) is 13.0 Å². The van der Waals surface area contributed by atoms with Gasteiger partial charge in [-0.05, 0) is 6.92 Å². The Morgan fingerprint density at radius 3 is 2.88 bits per heavy atom. The van der Waals surface area contributed by atoms with Gasteiger partial charge >= 0.3 is 5.97 Å². The first-order valence-electron chi connectivity index (χ1n) is 5.17. The molecular weight excluding hydrogens is 222 g/mol. The SMILES string of the molecule is C=CCNC(C(=O)O)c1c(C)nn(C)c1OC. The molecule has 2 N–H and O–H groups in total. The van der Waals surface area contributed by atoms with Crippen LogP contribution in [-0.2, 0) is 11.8 Å². The fourth-order valence-corrected chi connectivity index (χ4v) is 1.74. The minimum Gasteiger partial charge on any atom is -0.481 e. The lowest BCUT2D eigenvalue weighted by Crippen LogP contribution is -2.29. The van der Waals surface area contributed by atoms with E-state index in [-0.39, 0.29) is 0 Å². The maximum atomic E-state index is 11.2. The largest absolute Gasteiger partial charge is 0.481 e. The van der Waals surface area contributed by atoms with E-state index >= 15 is 0 Å². The molecule has 17 heavy (non-hydrogen) atoms. The van der Waals surface area contributed by atoms with E-state index in [1.807, 2.05) is 0 Å². The molecule has 0 fully saturated rings. The first-order valence-corrected chi connectivity index (χ1v) is 5.17. The number of hydrogen-bond acceptors (Lipinski definition) is 4. The molecule has 0 amide bonds. The predicted molar refractivity (Wildman–Crippen MR) is 63.1 cm³/mol. The van der Waals surface area contributed by atoms with E-state index in [1.54, 1.807) is 20.0 Å². The number of aryl methyl sites for hydroxylation is 2. The van der Waals surface area contributed by atoms with Crippen LogP contribution in [0.3, 0.4) is 0 Å². The Balaban J connectivity index is 3.17. The molecular formula is C11H17N3O3. The number of aromatic nitrogens is 2. The Hall–Kier alpha value is -1.82. The van der Waals surface area contributed by atoms with E-state index in [9.17, 15) is 9.90 Å². The maximum absolute atomic E-state index is 11.2. The Kier molecular flexibility index (Phi) is 4.28. The molecule has 0 radical (unpaired) electrons. The van der Waals surface area contributed by atoms with Crippen LogP contribution in [0.1, 0.15) is 17.3 Å². The van der Waals surface area contributed by atoms with Gasteiger partial charge in [0, 0.05) is 13.6 Å². The van der Waals surface area contributed by atoms with Crippen molar-refractivity contribution < 1.29 is 14.6 Å². The summed E-state index contributed by atoms with van der Waals surface area (Å²) in [5, 5.41) is 16.2. The second kappa shape index (κ2) is 5.49. The topological polar surface area (TPSA) is 76.4 Å². The van der Waals surface area contributed by atoms with Crippen LogP contribution >= 0.6 is 0 Å². The Morgan fingerprint density at radius 2 is 2.41 bits per heavy atom. The van der Waals surface area contributed by atoms with Crippen molar-refractivity contribution in [3.8, 4) is 5.88 Å². The van der Waals surface area contributed by atoms with Gasteiger partial charge in [-0.3, -0.25) is 10.1 Å². The molecule has 1 atom stereocenters. The third-order valence-corrected chi connectivity index (χ3v) is 2.41. The zero-order valence-corrected chi connectivity index (χ0v) is 10.2. The molecule has 1 heterocycles. The van der Waals surface area contributed by atoms with Gasteiger partial charge in [0.05, 0.1) is 18.4 Å². The number of carbonyl (C=O) groups is 1. The molecule has 1 unspecified atom stereocenters. The summed E-state index contributed by atoms with van der Waals surface area (Å²) in [6.45, 7) is 5.70. The van der Waals surface area contributed by atoms with Gasteiger partial charge in [-0.15, -0.1) is 6.58 Å². The molecule has 0 saturated carbocycles. The lowest BCUT2D eigenvalue weighted by atomic mass is 10.1. The smallest absolute Gasteiger partial charge is 0.325 e. The fourth-order valence-electron chi connectivity index (χ4n) is 1.74. The average Bonchev–Trinajstić information content (AvgIpc) is 2.54. The van der Waals surface area contributed by atoms with Crippen molar-refractivity contribution in [1.82, 2.24) is 15.1 Å². The standard InChI is InChI=1S/C11H17N3O3/c1-5-6-12-9(11(15)16)8-7(2)13-14(3)10(8)17-4/h5,9,12H,1,6H2,2-4H3,(H,15,16). The molecule has 0 bridgehead atoms. The van der Waals surface area contributed by atoms with Crippen LogP contribution in [-0.4, -0.2) is 34.5 Å². The highest BCUT2D eigenvalue weighted by Crippen LogP contribution is 2.28. The van der Waals surface area contributed by atoms with Crippen LogP contribution < -0.4 is 10.1 Å². The third-order valence-electron chi connectivity index (χ3n) is 2.41. The lowest BCUT2D eigenvalue weighted by molar-refractivity contribution is -0.139. The molecule has 94 valence electrons. The van der Waals surface area contributed by atoms with Gasteiger partial charge in [-0.25, -0.2) is 4.68 Å². The van der Waals surface area contributed by atoms with E-state index in [2.05, 4.69) is 17.0 Å². The highest BCUT2D eigenvalue weighted by atomic mass is 16.5. The summed E-state index contributed by atoms with van der Waals surface area (Å²) in [6.07, 6.45) is 1.61. The summed E-state index contributed by atoms with van der Waals surface area (Å²) in [7, 11) is 3.20. The number of rotatable bonds is 6. The van der Waals surface area contributed by atoms with Crippen molar-refractivity contribution in [2.24, 2.45) is 7.05 Å². The molecule has 0 aliphatic heterocycles. The number of methoxy groups -OCH3 is 1. The van der Waals surface area contributed by atoms with Crippen LogP contribution in [0.2, 0.25) is 0 Å². The minimum atomic E-state index is -0.971. The van der Waals surface area contributed by atoms with Gasteiger partial charge in [-0.2, -0.15) is 5.10 Å².